The highest BCUT2D eigenvalue weighted by Gasteiger charge is 2.22. The summed E-state index contributed by atoms with van der Waals surface area (Å²) >= 11 is 0. The molecule has 0 fully saturated rings. The van der Waals surface area contributed by atoms with Gasteiger partial charge in [-0.1, -0.05) is 27.7 Å². The van der Waals surface area contributed by atoms with Crippen LogP contribution in [0.15, 0.2) is 0 Å². The Bertz CT molecular complexity index is 173. The van der Waals surface area contributed by atoms with Crippen LogP contribution in [0.25, 0.3) is 0 Å². The highest BCUT2D eigenvalue weighted by Crippen LogP contribution is 2.24. The van der Waals surface area contributed by atoms with E-state index in [0.717, 1.165) is 0 Å². The Labute approximate surface area is 73.5 Å². The summed E-state index contributed by atoms with van der Waals surface area (Å²) in [6.07, 6.45) is 0.302. The first-order valence-electron chi connectivity index (χ1n) is 4.13. The van der Waals surface area contributed by atoms with Crippen molar-refractivity contribution in [1.29, 1.82) is 0 Å². The Kier molecular flexibility index (Phi) is 3.93. The zero-order chi connectivity index (χ0) is 9.78. The van der Waals surface area contributed by atoms with Crippen molar-refractivity contribution in [2.75, 3.05) is 6.54 Å². The first kappa shape index (κ1) is 11.1. The zero-order valence-electron chi connectivity index (χ0n) is 8.18. The smallest absolute Gasteiger partial charge is 0.284 e. The highest BCUT2D eigenvalue weighted by molar-refractivity contribution is 6.23. The molecule has 0 aliphatic carbocycles. The van der Waals surface area contributed by atoms with Crippen LogP contribution >= 0.6 is 0 Å². The summed E-state index contributed by atoms with van der Waals surface area (Å²) in [6, 6.07) is 0. The van der Waals surface area contributed by atoms with Gasteiger partial charge in [0.2, 0.25) is 6.29 Å². The second kappa shape index (κ2) is 4.24. The highest BCUT2D eigenvalue weighted by atomic mass is 16.2. The lowest BCUT2D eigenvalue weighted by Crippen LogP contribution is -2.37. The van der Waals surface area contributed by atoms with Crippen molar-refractivity contribution in [3.63, 3.8) is 0 Å². The van der Waals surface area contributed by atoms with Crippen LogP contribution in [0.4, 0.5) is 0 Å². The molecule has 0 bridgehead atoms. The van der Waals surface area contributed by atoms with Crippen LogP contribution in [-0.2, 0) is 9.59 Å². The molecular weight excluding hydrogens is 154 g/mol. The molecule has 0 aromatic rings. The third-order valence-electron chi connectivity index (χ3n) is 2.39. The van der Waals surface area contributed by atoms with E-state index >= 15 is 0 Å². The van der Waals surface area contributed by atoms with Gasteiger partial charge in [-0.2, -0.15) is 0 Å². The second-order valence-corrected chi connectivity index (χ2v) is 3.98. The first-order valence-corrected chi connectivity index (χ1v) is 4.13. The molecule has 1 amide bonds. The molecule has 0 saturated carbocycles. The van der Waals surface area contributed by atoms with Crippen LogP contribution in [-0.4, -0.2) is 18.7 Å². The van der Waals surface area contributed by atoms with Gasteiger partial charge in [0.15, 0.2) is 0 Å². The van der Waals surface area contributed by atoms with Crippen molar-refractivity contribution in [2.24, 2.45) is 11.3 Å². The van der Waals surface area contributed by atoms with Crippen LogP contribution < -0.4 is 5.32 Å². The molecule has 0 unspecified atom stereocenters. The molecule has 0 aromatic carbocycles. The number of nitrogens with one attached hydrogen (secondary N) is 1. The molecule has 0 atom stereocenters. The van der Waals surface area contributed by atoms with Crippen LogP contribution in [0.5, 0.6) is 0 Å². The number of amides is 1. The quantitative estimate of drug-likeness (QED) is 0.506. The summed E-state index contributed by atoms with van der Waals surface area (Å²) in [6.45, 7) is 8.84. The van der Waals surface area contributed by atoms with Gasteiger partial charge in [0.1, 0.15) is 0 Å². The normalized spacial score (nSPS) is 11.4. The Morgan fingerprint density at radius 2 is 2.00 bits per heavy atom. The van der Waals surface area contributed by atoms with Crippen LogP contribution in [0.1, 0.15) is 27.7 Å². The summed E-state index contributed by atoms with van der Waals surface area (Å²) in [5.74, 6) is -0.0619. The topological polar surface area (TPSA) is 46.2 Å². The Morgan fingerprint density at radius 1 is 1.50 bits per heavy atom. The Hall–Kier alpha value is -0.860. The van der Waals surface area contributed by atoms with E-state index in [1.807, 2.05) is 0 Å². The molecular formula is C9H17NO2. The SMILES string of the molecule is CC(C)C(C)(C)CNC(=O)C=O. The number of carbonyl (C=O) groups excluding carboxylic acids is 2. The van der Waals surface area contributed by atoms with Crippen molar-refractivity contribution >= 4 is 12.2 Å². The van der Waals surface area contributed by atoms with E-state index in [-0.39, 0.29) is 5.41 Å². The summed E-state index contributed by atoms with van der Waals surface area (Å²) in [7, 11) is 0. The van der Waals surface area contributed by atoms with Gasteiger partial charge in [-0.15, -0.1) is 0 Å². The largest absolute Gasteiger partial charge is 0.349 e. The van der Waals surface area contributed by atoms with E-state index in [9.17, 15) is 9.59 Å². The van der Waals surface area contributed by atoms with Crippen molar-refractivity contribution in [2.45, 2.75) is 27.7 Å². The van der Waals surface area contributed by atoms with E-state index in [1.54, 1.807) is 0 Å². The average Bonchev–Trinajstić information content (AvgIpc) is 2.00. The fourth-order valence-electron chi connectivity index (χ4n) is 0.561. The van der Waals surface area contributed by atoms with Gasteiger partial charge in [-0.3, -0.25) is 9.59 Å². The molecule has 0 radical (unpaired) electrons. The number of carbonyl (C=O) groups is 2. The van der Waals surface area contributed by atoms with Gasteiger partial charge in [0.25, 0.3) is 5.91 Å². The number of aldehydes is 1. The number of hydrogen-bond donors (Lipinski definition) is 1. The summed E-state index contributed by atoms with van der Waals surface area (Å²) < 4.78 is 0. The van der Waals surface area contributed by atoms with Crippen molar-refractivity contribution < 1.29 is 9.59 Å². The van der Waals surface area contributed by atoms with Crippen LogP contribution in [0.2, 0.25) is 0 Å². The van der Waals surface area contributed by atoms with Crippen molar-refractivity contribution in [3.8, 4) is 0 Å². The van der Waals surface area contributed by atoms with E-state index < -0.39 is 5.91 Å². The molecule has 0 aromatic heterocycles. The lowest BCUT2D eigenvalue weighted by atomic mass is 9.81. The third-order valence-corrected chi connectivity index (χ3v) is 2.39. The summed E-state index contributed by atoms with van der Waals surface area (Å²) in [5.41, 5.74) is 0.0403. The molecule has 0 heterocycles. The predicted molar refractivity (Wildman–Crippen MR) is 47.7 cm³/mol. The minimum atomic E-state index is -0.538. The molecule has 3 nitrogen and oxygen atoms in total. The monoisotopic (exact) mass is 171 g/mol. The van der Waals surface area contributed by atoms with E-state index in [0.29, 0.717) is 18.7 Å². The fourth-order valence-corrected chi connectivity index (χ4v) is 0.561. The van der Waals surface area contributed by atoms with Gasteiger partial charge in [-0.05, 0) is 11.3 Å². The van der Waals surface area contributed by atoms with Gasteiger partial charge in [0, 0.05) is 6.54 Å². The summed E-state index contributed by atoms with van der Waals surface area (Å²) in [5, 5.41) is 2.55. The third kappa shape index (κ3) is 3.51. The molecule has 1 N–H and O–H groups in total. The second-order valence-electron chi connectivity index (χ2n) is 3.98. The minimum absolute atomic E-state index is 0.0403. The molecule has 70 valence electrons. The molecule has 0 rings (SSSR count). The van der Waals surface area contributed by atoms with Gasteiger partial charge in [-0.25, -0.2) is 0 Å². The molecule has 0 aliphatic rings. The molecule has 0 saturated heterocycles. The van der Waals surface area contributed by atoms with Gasteiger partial charge < -0.3 is 5.32 Å². The maximum Gasteiger partial charge on any atom is 0.284 e. The van der Waals surface area contributed by atoms with E-state index in [4.69, 9.17) is 0 Å². The predicted octanol–water partition coefficient (Wildman–Crippen LogP) is 0.984. The van der Waals surface area contributed by atoms with E-state index in [2.05, 4.69) is 33.0 Å². The number of rotatable bonds is 4. The van der Waals surface area contributed by atoms with Crippen molar-refractivity contribution in [3.05, 3.63) is 0 Å². The van der Waals surface area contributed by atoms with Crippen molar-refractivity contribution in [1.82, 2.24) is 5.32 Å². The van der Waals surface area contributed by atoms with Gasteiger partial charge in [0.05, 0.1) is 0 Å². The van der Waals surface area contributed by atoms with Crippen LogP contribution in [0.3, 0.4) is 0 Å². The average molecular weight is 171 g/mol. The maximum atomic E-state index is 10.6. The van der Waals surface area contributed by atoms with E-state index in [1.165, 1.54) is 0 Å². The maximum absolute atomic E-state index is 10.6. The molecule has 0 spiro atoms. The van der Waals surface area contributed by atoms with Gasteiger partial charge >= 0.3 is 0 Å². The molecule has 0 aliphatic heterocycles. The summed E-state index contributed by atoms with van der Waals surface area (Å²) in [4.78, 5) is 20.6. The zero-order valence-corrected chi connectivity index (χ0v) is 8.18. The fraction of sp³-hybridized carbons (Fsp3) is 0.778. The standard InChI is InChI=1S/C9H17NO2/c1-7(2)9(3,4)6-10-8(12)5-11/h5,7H,6H2,1-4H3,(H,10,12). The Morgan fingerprint density at radius 3 is 2.33 bits per heavy atom. The molecule has 3 heteroatoms. The molecule has 12 heavy (non-hydrogen) atoms. The Balaban J connectivity index is 3.91. The minimum Gasteiger partial charge on any atom is -0.349 e. The number of hydrogen-bond acceptors (Lipinski definition) is 2. The van der Waals surface area contributed by atoms with Crippen LogP contribution in [0, 0.1) is 11.3 Å². The lowest BCUT2D eigenvalue weighted by molar-refractivity contribution is -0.131. The lowest BCUT2D eigenvalue weighted by Gasteiger charge is -2.28. The first-order chi connectivity index (χ1) is 5.40.